The van der Waals surface area contributed by atoms with Gasteiger partial charge in [0, 0.05) is 31.2 Å². The van der Waals surface area contributed by atoms with Gasteiger partial charge in [-0.25, -0.2) is 4.98 Å². The molecule has 26 heavy (non-hydrogen) atoms. The van der Waals surface area contributed by atoms with Gasteiger partial charge in [0.15, 0.2) is 0 Å². The zero-order chi connectivity index (χ0) is 18.4. The Morgan fingerprint density at radius 1 is 1.15 bits per heavy atom. The molecule has 1 amide bonds. The van der Waals surface area contributed by atoms with E-state index in [-0.39, 0.29) is 5.91 Å². The van der Waals surface area contributed by atoms with Gasteiger partial charge in [-0.15, -0.1) is 11.3 Å². The van der Waals surface area contributed by atoms with Crippen molar-refractivity contribution in [1.82, 2.24) is 10.3 Å². The Kier molecular flexibility index (Phi) is 5.86. The molecule has 0 saturated carbocycles. The first-order chi connectivity index (χ1) is 12.7. The lowest BCUT2D eigenvalue weighted by Crippen LogP contribution is -2.33. The molecule has 0 unspecified atom stereocenters. The van der Waals surface area contributed by atoms with Gasteiger partial charge in [0.2, 0.25) is 0 Å². The van der Waals surface area contributed by atoms with E-state index in [2.05, 4.69) is 15.2 Å². The number of rotatable bonds is 7. The summed E-state index contributed by atoms with van der Waals surface area (Å²) in [4.78, 5) is 18.9. The average molecular weight is 367 g/mol. The second-order valence-electron chi connectivity index (χ2n) is 5.75. The van der Waals surface area contributed by atoms with Crippen molar-refractivity contribution in [3.05, 3.63) is 65.7 Å². The Hall–Kier alpha value is -2.86. The Morgan fingerprint density at radius 3 is 2.65 bits per heavy atom. The molecule has 1 heterocycles. The zero-order valence-corrected chi connectivity index (χ0v) is 15.6. The Labute approximate surface area is 157 Å². The van der Waals surface area contributed by atoms with Crippen LogP contribution in [0.3, 0.4) is 0 Å². The third-order valence-corrected chi connectivity index (χ3v) is 4.88. The fourth-order valence-electron chi connectivity index (χ4n) is 2.56. The van der Waals surface area contributed by atoms with Crippen molar-refractivity contribution in [2.75, 3.05) is 32.1 Å². The number of carbonyl (C=O) groups excluding carboxylic acids is 1. The first kappa shape index (κ1) is 17.9. The molecule has 134 valence electrons. The van der Waals surface area contributed by atoms with Crippen molar-refractivity contribution in [2.45, 2.75) is 0 Å². The summed E-state index contributed by atoms with van der Waals surface area (Å²) >= 11 is 1.43. The number of thiazole rings is 1. The largest absolute Gasteiger partial charge is 0.496 e. The number of carbonyl (C=O) groups is 1. The zero-order valence-electron chi connectivity index (χ0n) is 14.8. The monoisotopic (exact) mass is 367 g/mol. The summed E-state index contributed by atoms with van der Waals surface area (Å²) in [6.07, 6.45) is 0. The molecule has 2 aromatic carbocycles. The van der Waals surface area contributed by atoms with E-state index in [0.29, 0.717) is 12.2 Å². The third-order valence-electron chi connectivity index (χ3n) is 4.00. The van der Waals surface area contributed by atoms with Crippen LogP contribution in [0.15, 0.2) is 60.0 Å². The molecule has 6 heteroatoms. The minimum absolute atomic E-state index is 0.163. The number of nitrogens with one attached hydrogen (secondary N) is 1. The number of amides is 1. The highest BCUT2D eigenvalue weighted by Crippen LogP contribution is 2.31. The molecule has 1 N–H and O–H groups in total. The van der Waals surface area contributed by atoms with Crippen LogP contribution in [0.5, 0.6) is 5.75 Å². The molecule has 1 aromatic heterocycles. The lowest BCUT2D eigenvalue weighted by atomic mass is 10.2. The minimum Gasteiger partial charge on any atom is -0.496 e. The number of anilines is 1. The van der Waals surface area contributed by atoms with Gasteiger partial charge >= 0.3 is 0 Å². The van der Waals surface area contributed by atoms with Crippen LogP contribution in [-0.4, -0.2) is 38.1 Å². The van der Waals surface area contributed by atoms with E-state index in [0.717, 1.165) is 28.6 Å². The summed E-state index contributed by atoms with van der Waals surface area (Å²) in [7, 11) is 3.63. The molecule has 3 aromatic rings. The number of hydrogen-bond acceptors (Lipinski definition) is 5. The Bertz CT molecular complexity index is 864. The number of aromatic nitrogens is 1. The molecule has 0 atom stereocenters. The van der Waals surface area contributed by atoms with E-state index >= 15 is 0 Å². The first-order valence-electron chi connectivity index (χ1n) is 8.32. The molecule has 0 saturated heterocycles. The fourth-order valence-corrected chi connectivity index (χ4v) is 3.39. The maximum Gasteiger partial charge on any atom is 0.270 e. The molecular weight excluding hydrogens is 346 g/mol. The molecule has 0 bridgehead atoms. The van der Waals surface area contributed by atoms with Crippen molar-refractivity contribution in [2.24, 2.45) is 0 Å². The summed E-state index contributed by atoms with van der Waals surface area (Å²) in [6.45, 7) is 1.27. The van der Waals surface area contributed by atoms with E-state index in [1.54, 1.807) is 12.5 Å². The van der Waals surface area contributed by atoms with Gasteiger partial charge in [-0.3, -0.25) is 4.79 Å². The molecule has 0 aliphatic carbocycles. The molecule has 5 nitrogen and oxygen atoms in total. The summed E-state index contributed by atoms with van der Waals surface area (Å²) < 4.78 is 5.36. The van der Waals surface area contributed by atoms with E-state index < -0.39 is 0 Å². The van der Waals surface area contributed by atoms with E-state index in [1.165, 1.54) is 11.3 Å². The number of hydrogen-bond donors (Lipinski definition) is 1. The number of benzene rings is 2. The van der Waals surface area contributed by atoms with Gasteiger partial charge in [-0.05, 0) is 24.3 Å². The van der Waals surface area contributed by atoms with Gasteiger partial charge in [0.1, 0.15) is 16.5 Å². The van der Waals surface area contributed by atoms with Gasteiger partial charge in [0.25, 0.3) is 5.91 Å². The summed E-state index contributed by atoms with van der Waals surface area (Å²) in [6, 6.07) is 17.7. The third kappa shape index (κ3) is 4.21. The van der Waals surface area contributed by atoms with Crippen LogP contribution in [-0.2, 0) is 0 Å². The Balaban J connectivity index is 1.58. The van der Waals surface area contributed by atoms with Gasteiger partial charge < -0.3 is 15.0 Å². The maximum absolute atomic E-state index is 12.3. The number of ether oxygens (including phenoxy) is 1. The highest BCUT2D eigenvalue weighted by molar-refractivity contribution is 7.13. The van der Waals surface area contributed by atoms with Crippen LogP contribution in [0.1, 0.15) is 10.5 Å². The summed E-state index contributed by atoms with van der Waals surface area (Å²) in [5, 5.41) is 5.47. The lowest BCUT2D eigenvalue weighted by molar-refractivity contribution is 0.0950. The number of nitrogens with zero attached hydrogens (tertiary/aromatic N) is 2. The summed E-state index contributed by atoms with van der Waals surface area (Å²) in [5.74, 6) is 0.585. The number of likely N-dealkylation sites (N-methyl/N-ethyl adjacent to an activating group) is 1. The Morgan fingerprint density at radius 2 is 1.88 bits per heavy atom. The van der Waals surface area contributed by atoms with E-state index in [1.807, 2.05) is 61.6 Å². The normalized spacial score (nSPS) is 10.4. The maximum atomic E-state index is 12.3. The standard InChI is InChI=1S/C20H21N3O2S/c1-23(15-8-4-3-5-9-15)13-12-21-19(24)17-14-26-20(22-17)16-10-6-7-11-18(16)25-2/h3-11,14H,12-13H2,1-2H3,(H,21,24). The molecule has 0 aliphatic heterocycles. The number of para-hydroxylation sites is 2. The van der Waals surface area contributed by atoms with Gasteiger partial charge in [0.05, 0.1) is 12.7 Å². The predicted molar refractivity (Wildman–Crippen MR) is 106 cm³/mol. The smallest absolute Gasteiger partial charge is 0.270 e. The van der Waals surface area contributed by atoms with Crippen LogP contribution < -0.4 is 15.0 Å². The second-order valence-corrected chi connectivity index (χ2v) is 6.61. The molecule has 0 radical (unpaired) electrons. The molecule has 0 aliphatic rings. The van der Waals surface area contributed by atoms with Crippen LogP contribution in [0, 0.1) is 0 Å². The highest BCUT2D eigenvalue weighted by atomic mass is 32.1. The van der Waals surface area contributed by atoms with Crippen molar-refractivity contribution < 1.29 is 9.53 Å². The van der Waals surface area contributed by atoms with Crippen LogP contribution in [0.25, 0.3) is 10.6 Å². The second kappa shape index (κ2) is 8.49. The van der Waals surface area contributed by atoms with Crippen LogP contribution in [0.2, 0.25) is 0 Å². The summed E-state index contributed by atoms with van der Waals surface area (Å²) in [5.41, 5.74) is 2.44. The highest BCUT2D eigenvalue weighted by Gasteiger charge is 2.14. The molecule has 0 spiro atoms. The fraction of sp³-hybridized carbons (Fsp3) is 0.200. The average Bonchev–Trinajstić information content (AvgIpc) is 3.18. The van der Waals surface area contributed by atoms with E-state index in [4.69, 9.17) is 4.74 Å². The predicted octanol–water partition coefficient (Wildman–Crippen LogP) is 3.68. The lowest BCUT2D eigenvalue weighted by Gasteiger charge is -2.19. The molecular formula is C20H21N3O2S. The van der Waals surface area contributed by atoms with Crippen molar-refractivity contribution in [3.63, 3.8) is 0 Å². The van der Waals surface area contributed by atoms with Crippen molar-refractivity contribution in [1.29, 1.82) is 0 Å². The topological polar surface area (TPSA) is 54.5 Å². The van der Waals surface area contributed by atoms with E-state index in [9.17, 15) is 4.79 Å². The van der Waals surface area contributed by atoms with Gasteiger partial charge in [-0.2, -0.15) is 0 Å². The molecule has 0 fully saturated rings. The van der Waals surface area contributed by atoms with Crippen LogP contribution >= 0.6 is 11.3 Å². The minimum atomic E-state index is -0.163. The van der Waals surface area contributed by atoms with Crippen molar-refractivity contribution >= 4 is 22.9 Å². The van der Waals surface area contributed by atoms with Crippen molar-refractivity contribution in [3.8, 4) is 16.3 Å². The SMILES string of the molecule is COc1ccccc1-c1nc(C(=O)NCCN(C)c2ccccc2)cs1. The van der Waals surface area contributed by atoms with Crippen LogP contribution in [0.4, 0.5) is 5.69 Å². The molecule has 3 rings (SSSR count). The first-order valence-corrected chi connectivity index (χ1v) is 9.20. The quantitative estimate of drug-likeness (QED) is 0.692. The number of methoxy groups -OCH3 is 1. The van der Waals surface area contributed by atoms with Gasteiger partial charge in [-0.1, -0.05) is 30.3 Å².